The lowest BCUT2D eigenvalue weighted by atomic mass is 10.1. The Hall–Kier alpha value is -2.35. The lowest BCUT2D eigenvalue weighted by Gasteiger charge is -2.10. The summed E-state index contributed by atoms with van der Waals surface area (Å²) in [6.07, 6.45) is 4.11. The van der Waals surface area contributed by atoms with Crippen molar-refractivity contribution in [2.24, 2.45) is 0 Å². The Morgan fingerprint density at radius 1 is 1.28 bits per heavy atom. The van der Waals surface area contributed by atoms with Gasteiger partial charge in [0.15, 0.2) is 11.8 Å². The third-order valence-electron chi connectivity index (χ3n) is 3.57. The number of hydrogen-bond acceptors (Lipinski definition) is 7. The zero-order chi connectivity index (χ0) is 18.2. The van der Waals surface area contributed by atoms with Gasteiger partial charge in [-0.2, -0.15) is 0 Å². The van der Waals surface area contributed by atoms with Crippen molar-refractivity contribution in [1.82, 2.24) is 15.3 Å². The highest BCUT2D eigenvalue weighted by atomic mass is 32.2. The molecule has 2 heterocycles. The van der Waals surface area contributed by atoms with Crippen LogP contribution in [0, 0.1) is 13.8 Å². The van der Waals surface area contributed by atoms with Crippen LogP contribution in [-0.2, 0) is 27.3 Å². The van der Waals surface area contributed by atoms with Crippen molar-refractivity contribution in [2.75, 3.05) is 12.9 Å². The number of furan rings is 1. The molecule has 0 aromatic carbocycles. The molecular weight excluding hydrogens is 342 g/mol. The third-order valence-corrected chi connectivity index (χ3v) is 4.11. The van der Waals surface area contributed by atoms with Gasteiger partial charge in [0.25, 0.3) is 5.91 Å². The fourth-order valence-electron chi connectivity index (χ4n) is 2.26. The standard InChI is InChI=1S/C17H21N3O4S/c1-11-14(12(2)20-17(19-11)25-3)6-7-16(22)24-10-15(21)18-9-13-5-4-8-23-13/h4-5,8H,6-7,9-10H2,1-3H3,(H,18,21). The second-order valence-electron chi connectivity index (χ2n) is 5.38. The van der Waals surface area contributed by atoms with E-state index in [9.17, 15) is 9.59 Å². The Morgan fingerprint density at radius 2 is 2.00 bits per heavy atom. The maximum Gasteiger partial charge on any atom is 0.306 e. The van der Waals surface area contributed by atoms with Crippen LogP contribution in [0.4, 0.5) is 0 Å². The van der Waals surface area contributed by atoms with Gasteiger partial charge < -0.3 is 14.5 Å². The van der Waals surface area contributed by atoms with Crippen molar-refractivity contribution in [2.45, 2.75) is 38.4 Å². The lowest BCUT2D eigenvalue weighted by molar-refractivity contribution is -0.148. The Balaban J connectivity index is 1.74. The zero-order valence-corrected chi connectivity index (χ0v) is 15.3. The number of carbonyl (C=O) groups is 2. The summed E-state index contributed by atoms with van der Waals surface area (Å²) in [5, 5.41) is 3.33. The summed E-state index contributed by atoms with van der Waals surface area (Å²) in [5.74, 6) is -0.162. The molecule has 0 saturated heterocycles. The average Bonchev–Trinajstić information content (AvgIpc) is 3.10. The first kappa shape index (κ1) is 19.0. The predicted octanol–water partition coefficient (Wildman–Crippen LogP) is 2.20. The molecule has 2 aromatic heterocycles. The van der Waals surface area contributed by atoms with Crippen LogP contribution >= 0.6 is 11.8 Å². The number of nitrogens with one attached hydrogen (secondary N) is 1. The summed E-state index contributed by atoms with van der Waals surface area (Å²) in [6, 6.07) is 3.49. The monoisotopic (exact) mass is 363 g/mol. The van der Waals surface area contributed by atoms with E-state index in [1.54, 1.807) is 12.1 Å². The molecule has 0 saturated carbocycles. The van der Waals surface area contributed by atoms with Crippen LogP contribution in [0.25, 0.3) is 0 Å². The molecule has 1 amide bonds. The highest BCUT2D eigenvalue weighted by Crippen LogP contribution is 2.17. The maximum absolute atomic E-state index is 11.8. The number of aryl methyl sites for hydroxylation is 2. The van der Waals surface area contributed by atoms with Crippen LogP contribution < -0.4 is 5.32 Å². The molecule has 0 aliphatic rings. The first-order valence-corrected chi connectivity index (χ1v) is 9.05. The number of thioether (sulfide) groups is 1. The van der Waals surface area contributed by atoms with E-state index >= 15 is 0 Å². The third kappa shape index (κ3) is 5.90. The van der Waals surface area contributed by atoms with Gasteiger partial charge in [-0.15, -0.1) is 0 Å². The maximum atomic E-state index is 11.8. The van der Waals surface area contributed by atoms with Crippen LogP contribution in [-0.4, -0.2) is 34.7 Å². The summed E-state index contributed by atoms with van der Waals surface area (Å²) >= 11 is 1.48. The van der Waals surface area contributed by atoms with Gasteiger partial charge in [-0.25, -0.2) is 9.97 Å². The number of aromatic nitrogens is 2. The van der Waals surface area contributed by atoms with Crippen LogP contribution in [0.3, 0.4) is 0 Å². The fourth-order valence-corrected chi connectivity index (χ4v) is 2.71. The van der Waals surface area contributed by atoms with Gasteiger partial charge in [0.05, 0.1) is 12.8 Å². The molecule has 0 bridgehead atoms. The molecular formula is C17H21N3O4S. The molecule has 134 valence electrons. The Kier molecular flexibility index (Phi) is 7.00. The Morgan fingerprint density at radius 3 is 2.60 bits per heavy atom. The molecule has 8 heteroatoms. The van der Waals surface area contributed by atoms with E-state index in [0.29, 0.717) is 12.2 Å². The van der Waals surface area contributed by atoms with E-state index in [1.807, 2.05) is 20.1 Å². The van der Waals surface area contributed by atoms with Gasteiger partial charge in [0.1, 0.15) is 5.76 Å². The number of carbonyl (C=O) groups excluding carboxylic acids is 2. The van der Waals surface area contributed by atoms with Crippen molar-refractivity contribution >= 4 is 23.6 Å². The molecule has 2 aromatic rings. The lowest BCUT2D eigenvalue weighted by Crippen LogP contribution is -2.28. The minimum Gasteiger partial charge on any atom is -0.467 e. The van der Waals surface area contributed by atoms with Crippen LogP contribution in [0.2, 0.25) is 0 Å². The average molecular weight is 363 g/mol. The van der Waals surface area contributed by atoms with Gasteiger partial charge in [-0.1, -0.05) is 11.8 Å². The molecule has 1 N–H and O–H groups in total. The number of rotatable bonds is 8. The van der Waals surface area contributed by atoms with Crippen molar-refractivity contribution in [3.8, 4) is 0 Å². The summed E-state index contributed by atoms with van der Waals surface area (Å²) in [4.78, 5) is 32.2. The molecule has 0 unspecified atom stereocenters. The Labute approximate surface area is 150 Å². The van der Waals surface area contributed by atoms with Crippen molar-refractivity contribution in [3.05, 3.63) is 41.1 Å². The van der Waals surface area contributed by atoms with Crippen molar-refractivity contribution in [3.63, 3.8) is 0 Å². The molecule has 2 rings (SSSR count). The van der Waals surface area contributed by atoms with Crippen molar-refractivity contribution < 1.29 is 18.7 Å². The van der Waals surface area contributed by atoms with Crippen LogP contribution in [0.15, 0.2) is 28.0 Å². The second kappa shape index (κ2) is 9.22. The molecule has 0 aliphatic heterocycles. The van der Waals surface area contributed by atoms with E-state index < -0.39 is 5.97 Å². The molecule has 0 radical (unpaired) electrons. The number of nitrogens with zero attached hydrogens (tertiary/aromatic N) is 2. The predicted molar refractivity (Wildman–Crippen MR) is 93.1 cm³/mol. The number of amides is 1. The van der Waals surface area contributed by atoms with E-state index in [4.69, 9.17) is 9.15 Å². The van der Waals surface area contributed by atoms with Gasteiger partial charge in [-0.3, -0.25) is 9.59 Å². The largest absolute Gasteiger partial charge is 0.467 e. The molecule has 25 heavy (non-hydrogen) atoms. The second-order valence-corrected chi connectivity index (χ2v) is 6.15. The number of esters is 1. The van der Waals surface area contributed by atoms with Gasteiger partial charge in [-0.05, 0) is 44.2 Å². The first-order valence-electron chi connectivity index (χ1n) is 7.82. The highest BCUT2D eigenvalue weighted by Gasteiger charge is 2.12. The fraction of sp³-hybridized carbons (Fsp3) is 0.412. The summed E-state index contributed by atoms with van der Waals surface area (Å²) in [5.41, 5.74) is 2.67. The SMILES string of the molecule is CSc1nc(C)c(CCC(=O)OCC(=O)NCc2ccco2)c(C)n1. The topological polar surface area (TPSA) is 94.3 Å². The minimum absolute atomic E-state index is 0.176. The van der Waals surface area contributed by atoms with E-state index in [-0.39, 0.29) is 25.5 Å². The van der Waals surface area contributed by atoms with Gasteiger partial charge in [0, 0.05) is 17.8 Å². The first-order chi connectivity index (χ1) is 12.0. The Bertz CT molecular complexity index is 708. The van der Waals surface area contributed by atoms with Gasteiger partial charge in [0.2, 0.25) is 0 Å². The number of ether oxygens (including phenoxy) is 1. The van der Waals surface area contributed by atoms with E-state index in [2.05, 4.69) is 15.3 Å². The normalized spacial score (nSPS) is 10.5. The van der Waals surface area contributed by atoms with E-state index in [0.717, 1.165) is 22.1 Å². The summed E-state index contributed by atoms with van der Waals surface area (Å²) < 4.78 is 10.1. The van der Waals surface area contributed by atoms with Crippen LogP contribution in [0.5, 0.6) is 0 Å². The molecule has 0 spiro atoms. The smallest absolute Gasteiger partial charge is 0.306 e. The molecule has 0 aliphatic carbocycles. The van der Waals surface area contributed by atoms with Crippen LogP contribution in [0.1, 0.15) is 29.1 Å². The van der Waals surface area contributed by atoms with Gasteiger partial charge >= 0.3 is 5.97 Å². The summed E-state index contributed by atoms with van der Waals surface area (Å²) in [7, 11) is 0. The zero-order valence-electron chi connectivity index (χ0n) is 14.5. The highest BCUT2D eigenvalue weighted by molar-refractivity contribution is 7.98. The molecule has 0 fully saturated rings. The molecule has 7 nitrogen and oxygen atoms in total. The van der Waals surface area contributed by atoms with E-state index in [1.165, 1.54) is 18.0 Å². The minimum atomic E-state index is -0.430. The van der Waals surface area contributed by atoms with Crippen molar-refractivity contribution in [1.29, 1.82) is 0 Å². The molecule has 0 atom stereocenters. The number of hydrogen-bond donors (Lipinski definition) is 1. The summed E-state index contributed by atoms with van der Waals surface area (Å²) in [6.45, 7) is 3.76. The quantitative estimate of drug-likeness (QED) is 0.436.